The number of benzene rings is 1. The number of rotatable bonds is 4. The van der Waals surface area contributed by atoms with E-state index in [2.05, 4.69) is 42.8 Å². The molecular weight excluding hydrogens is 294 g/mol. The molecule has 0 atom stereocenters. The molecule has 1 rings (SSSR count). The van der Waals surface area contributed by atoms with Gasteiger partial charge in [-0.05, 0) is 55.5 Å². The second-order valence-electron chi connectivity index (χ2n) is 4.55. The van der Waals surface area contributed by atoms with Crippen LogP contribution in [-0.2, 0) is 6.42 Å². The van der Waals surface area contributed by atoms with E-state index >= 15 is 0 Å². The lowest BCUT2D eigenvalue weighted by Gasteiger charge is -2.18. The third kappa shape index (κ3) is 3.25. The topological polar surface area (TPSA) is 29.5 Å². The molecule has 0 saturated heterocycles. The molecule has 0 saturated carbocycles. The fraction of sp³-hybridized carbons (Fsp3) is 0.500. The maximum Gasteiger partial charge on any atom is 0.289 e. The molecule has 0 fully saturated rings. The van der Waals surface area contributed by atoms with Crippen molar-refractivity contribution in [1.29, 1.82) is 0 Å². The van der Waals surface area contributed by atoms with Gasteiger partial charge in [0.15, 0.2) is 0 Å². The number of ether oxygens (including phenoxy) is 1. The lowest BCUT2D eigenvalue weighted by Crippen LogP contribution is -2.23. The zero-order valence-electron chi connectivity index (χ0n) is 11.6. The van der Waals surface area contributed by atoms with Gasteiger partial charge in [0.05, 0.1) is 7.11 Å². The Balaban J connectivity index is 2.96. The van der Waals surface area contributed by atoms with Crippen LogP contribution in [0.2, 0.25) is 0 Å². The van der Waals surface area contributed by atoms with E-state index in [1.165, 1.54) is 22.3 Å². The van der Waals surface area contributed by atoms with Gasteiger partial charge in [0, 0.05) is 29.5 Å². The van der Waals surface area contributed by atoms with Crippen molar-refractivity contribution < 1.29 is 9.53 Å². The number of hydrogen-bond acceptors (Lipinski definition) is 2. The van der Waals surface area contributed by atoms with Gasteiger partial charge >= 0.3 is 0 Å². The predicted octanol–water partition coefficient (Wildman–Crippen LogP) is 3.61. The predicted molar refractivity (Wildman–Crippen MR) is 77.9 cm³/mol. The van der Waals surface area contributed by atoms with E-state index in [1.807, 2.05) is 0 Å². The number of likely N-dealkylation sites (N-methyl/N-ethyl adjacent to an activating group) is 1. The summed E-state index contributed by atoms with van der Waals surface area (Å²) >= 11 is 2.95. The smallest absolute Gasteiger partial charge is 0.289 e. The van der Waals surface area contributed by atoms with Crippen LogP contribution in [0, 0.1) is 20.8 Å². The first-order valence-electron chi connectivity index (χ1n) is 5.92. The first kappa shape index (κ1) is 15.0. The molecule has 0 heterocycles. The third-order valence-corrected chi connectivity index (χ3v) is 4.03. The molecule has 0 spiro atoms. The van der Waals surface area contributed by atoms with Crippen molar-refractivity contribution in [3.05, 3.63) is 28.3 Å². The highest BCUT2D eigenvalue weighted by atomic mass is 79.9. The molecule has 3 nitrogen and oxygen atoms in total. The van der Waals surface area contributed by atoms with Crippen molar-refractivity contribution in [2.75, 3.05) is 20.7 Å². The zero-order valence-corrected chi connectivity index (χ0v) is 13.2. The maximum atomic E-state index is 11.1. The summed E-state index contributed by atoms with van der Waals surface area (Å²) in [6, 6.07) is 2.06. The summed E-state index contributed by atoms with van der Waals surface area (Å²) in [4.78, 5) is 12.7. The molecule has 0 bridgehead atoms. The van der Waals surface area contributed by atoms with Crippen LogP contribution in [0.15, 0.2) is 6.07 Å². The monoisotopic (exact) mass is 313 g/mol. The van der Waals surface area contributed by atoms with Crippen LogP contribution in [0.25, 0.3) is 0 Å². The van der Waals surface area contributed by atoms with Crippen molar-refractivity contribution in [2.24, 2.45) is 0 Å². The molecule has 0 N–H and O–H groups in total. The standard InChI is InChI=1S/C14H20BrNO2/c1-9-8-13(18-5)11(3)10(2)12(9)6-7-16(4)14(15)17/h8H,6-7H2,1-5H3. The summed E-state index contributed by atoms with van der Waals surface area (Å²) in [7, 11) is 3.48. The lowest BCUT2D eigenvalue weighted by atomic mass is 9.95. The summed E-state index contributed by atoms with van der Waals surface area (Å²) in [6.07, 6.45) is 0.857. The van der Waals surface area contributed by atoms with Gasteiger partial charge in [0.1, 0.15) is 5.75 Å². The maximum absolute atomic E-state index is 11.1. The minimum atomic E-state index is -0.0805. The second kappa shape index (κ2) is 6.23. The Kier molecular flexibility index (Phi) is 5.20. The summed E-state index contributed by atoms with van der Waals surface area (Å²) in [6.45, 7) is 6.96. The SMILES string of the molecule is COc1cc(C)c(CCN(C)C(=O)Br)c(C)c1C. The number of methoxy groups -OCH3 is 1. The fourth-order valence-electron chi connectivity index (χ4n) is 2.06. The summed E-state index contributed by atoms with van der Waals surface area (Å²) in [5.41, 5.74) is 4.94. The van der Waals surface area contributed by atoms with Crippen LogP contribution < -0.4 is 4.74 Å². The van der Waals surface area contributed by atoms with Crippen LogP contribution in [0.1, 0.15) is 22.3 Å². The highest BCUT2D eigenvalue weighted by molar-refractivity contribution is 9.18. The van der Waals surface area contributed by atoms with E-state index in [-0.39, 0.29) is 4.82 Å². The molecule has 100 valence electrons. The van der Waals surface area contributed by atoms with E-state index in [1.54, 1.807) is 19.1 Å². The highest BCUT2D eigenvalue weighted by Gasteiger charge is 2.12. The van der Waals surface area contributed by atoms with Crippen molar-refractivity contribution in [1.82, 2.24) is 4.90 Å². The summed E-state index contributed by atoms with van der Waals surface area (Å²) in [5, 5.41) is 0. The van der Waals surface area contributed by atoms with Crippen LogP contribution in [0.3, 0.4) is 0 Å². The minimum Gasteiger partial charge on any atom is -0.496 e. The van der Waals surface area contributed by atoms with Gasteiger partial charge < -0.3 is 9.64 Å². The van der Waals surface area contributed by atoms with Crippen LogP contribution in [-0.4, -0.2) is 30.4 Å². The Hall–Kier alpha value is -1.03. The van der Waals surface area contributed by atoms with Crippen LogP contribution in [0.4, 0.5) is 4.79 Å². The van der Waals surface area contributed by atoms with Gasteiger partial charge in [0.25, 0.3) is 4.82 Å². The Morgan fingerprint density at radius 2 is 1.94 bits per heavy atom. The summed E-state index contributed by atoms with van der Waals surface area (Å²) in [5.74, 6) is 0.929. The van der Waals surface area contributed by atoms with Gasteiger partial charge in [-0.2, -0.15) is 0 Å². The van der Waals surface area contributed by atoms with Gasteiger partial charge in [-0.3, -0.25) is 4.79 Å². The molecule has 1 amide bonds. The zero-order chi connectivity index (χ0) is 13.9. The molecule has 1 aromatic carbocycles. The normalized spacial score (nSPS) is 10.3. The first-order chi connectivity index (χ1) is 8.38. The van der Waals surface area contributed by atoms with E-state index in [4.69, 9.17) is 4.74 Å². The molecule has 0 aliphatic carbocycles. The molecule has 1 aromatic rings. The van der Waals surface area contributed by atoms with Crippen molar-refractivity contribution in [3.8, 4) is 5.75 Å². The van der Waals surface area contributed by atoms with Gasteiger partial charge in [-0.25, -0.2) is 0 Å². The Bertz CT molecular complexity index is 458. The molecule has 18 heavy (non-hydrogen) atoms. The van der Waals surface area contributed by atoms with Crippen molar-refractivity contribution >= 4 is 20.7 Å². The van der Waals surface area contributed by atoms with Crippen molar-refractivity contribution in [2.45, 2.75) is 27.2 Å². The van der Waals surface area contributed by atoms with E-state index in [0.717, 1.165) is 12.2 Å². The number of halogens is 1. The quantitative estimate of drug-likeness (QED) is 0.627. The fourth-order valence-corrected chi connectivity index (χ4v) is 2.24. The van der Waals surface area contributed by atoms with Crippen LogP contribution in [0.5, 0.6) is 5.75 Å². The van der Waals surface area contributed by atoms with E-state index in [9.17, 15) is 4.79 Å². The average molecular weight is 314 g/mol. The van der Waals surface area contributed by atoms with Gasteiger partial charge in [-0.15, -0.1) is 0 Å². The number of amides is 1. The second-order valence-corrected chi connectivity index (χ2v) is 5.23. The number of carbonyl (C=O) groups excluding carboxylic acids is 1. The van der Waals surface area contributed by atoms with E-state index < -0.39 is 0 Å². The number of carbonyl (C=O) groups is 1. The average Bonchev–Trinajstić information content (AvgIpc) is 2.33. The van der Waals surface area contributed by atoms with Gasteiger partial charge in [0.2, 0.25) is 0 Å². The number of hydrogen-bond donors (Lipinski definition) is 0. The Morgan fingerprint density at radius 3 is 2.44 bits per heavy atom. The van der Waals surface area contributed by atoms with Crippen LogP contribution >= 0.6 is 15.9 Å². The molecular formula is C14H20BrNO2. The molecule has 0 aromatic heterocycles. The van der Waals surface area contributed by atoms with E-state index in [0.29, 0.717) is 6.54 Å². The highest BCUT2D eigenvalue weighted by Crippen LogP contribution is 2.27. The third-order valence-electron chi connectivity index (χ3n) is 3.43. The largest absolute Gasteiger partial charge is 0.496 e. The molecule has 0 unspecified atom stereocenters. The Labute approximate surface area is 117 Å². The minimum absolute atomic E-state index is 0.0805. The molecule has 0 aliphatic heterocycles. The van der Waals surface area contributed by atoms with Gasteiger partial charge in [-0.1, -0.05) is 0 Å². The van der Waals surface area contributed by atoms with Crippen molar-refractivity contribution in [3.63, 3.8) is 0 Å². The molecule has 0 radical (unpaired) electrons. The lowest BCUT2D eigenvalue weighted by molar-refractivity contribution is 0.235. The first-order valence-corrected chi connectivity index (χ1v) is 6.72. The summed E-state index contributed by atoms with van der Waals surface area (Å²) < 4.78 is 5.35. The molecule has 0 aliphatic rings. The number of nitrogens with zero attached hydrogens (tertiary/aromatic N) is 1. The number of aryl methyl sites for hydroxylation is 1. The Morgan fingerprint density at radius 1 is 1.33 bits per heavy atom. The molecule has 4 heteroatoms.